The Bertz CT molecular complexity index is 1360. The summed E-state index contributed by atoms with van der Waals surface area (Å²) >= 11 is 0. The third-order valence-corrected chi connectivity index (χ3v) is 5.30. The van der Waals surface area contributed by atoms with Gasteiger partial charge in [0.05, 0.1) is 5.69 Å². The summed E-state index contributed by atoms with van der Waals surface area (Å²) in [4.78, 5) is 25.5. The Labute approximate surface area is 195 Å². The molecule has 0 aliphatic heterocycles. The number of benzene rings is 2. The minimum atomic E-state index is -3.36. The van der Waals surface area contributed by atoms with Crippen LogP contribution in [0.25, 0.3) is 16.9 Å². The summed E-state index contributed by atoms with van der Waals surface area (Å²) in [7, 11) is 1.50. The predicted octanol–water partition coefficient (Wildman–Crippen LogP) is 5.13. The van der Waals surface area contributed by atoms with Crippen molar-refractivity contribution in [2.45, 2.75) is 18.6 Å². The SMILES string of the molecule is Cc1ccccc1NC(c1cc(F)cn2c(=O)cc(-c3ccccc3)nc12)C(F)(F)P.O=CO. The van der Waals surface area contributed by atoms with E-state index >= 15 is 0 Å². The van der Waals surface area contributed by atoms with Gasteiger partial charge in [-0.05, 0) is 24.6 Å². The number of carboxylic acid groups (broad SMARTS) is 1. The van der Waals surface area contributed by atoms with Crippen LogP contribution in [0.5, 0.6) is 0 Å². The van der Waals surface area contributed by atoms with Crippen molar-refractivity contribution in [3.05, 3.63) is 100 Å². The summed E-state index contributed by atoms with van der Waals surface area (Å²) in [5, 5.41) is 9.70. The lowest BCUT2D eigenvalue weighted by molar-refractivity contribution is -0.122. The zero-order valence-electron chi connectivity index (χ0n) is 18.0. The number of fused-ring (bicyclic) bond motifs is 1. The van der Waals surface area contributed by atoms with Gasteiger partial charge < -0.3 is 10.4 Å². The van der Waals surface area contributed by atoms with Gasteiger partial charge in [0.2, 0.25) is 0 Å². The first-order valence-electron chi connectivity index (χ1n) is 10.0. The standard InChI is InChI=1S/C23H19F3N3OP.CH2O2/c1-14-7-5-6-10-18(14)27-21(23(25,26)31)17-11-16(24)13-29-20(30)12-19(28-22(17)29)15-8-3-2-4-9-15;2-1-3/h2-13,21,27H,31H2,1H3;1H,(H,2,3). The molecule has 0 bridgehead atoms. The van der Waals surface area contributed by atoms with Gasteiger partial charge in [-0.25, -0.2) is 9.37 Å². The zero-order chi connectivity index (χ0) is 24.9. The molecule has 0 spiro atoms. The first-order chi connectivity index (χ1) is 16.2. The van der Waals surface area contributed by atoms with Gasteiger partial charge in [-0.15, -0.1) is 0 Å². The van der Waals surface area contributed by atoms with Crippen molar-refractivity contribution in [1.29, 1.82) is 0 Å². The summed E-state index contributed by atoms with van der Waals surface area (Å²) in [5.41, 5.74) is -1.91. The van der Waals surface area contributed by atoms with Crippen molar-refractivity contribution in [1.82, 2.24) is 9.38 Å². The Morgan fingerprint density at radius 3 is 2.35 bits per heavy atom. The molecular weight excluding hydrogens is 466 g/mol. The van der Waals surface area contributed by atoms with Crippen LogP contribution in [0, 0.1) is 12.7 Å². The molecule has 2 atom stereocenters. The summed E-state index contributed by atoms with van der Waals surface area (Å²) in [6.45, 7) is 1.53. The molecule has 2 heterocycles. The maximum atomic E-state index is 14.7. The number of pyridine rings is 1. The molecule has 2 N–H and O–H groups in total. The van der Waals surface area contributed by atoms with Crippen molar-refractivity contribution in [3.63, 3.8) is 0 Å². The monoisotopic (exact) mass is 487 g/mol. The number of hydrogen-bond acceptors (Lipinski definition) is 4. The van der Waals surface area contributed by atoms with Crippen LogP contribution in [0.15, 0.2) is 77.7 Å². The van der Waals surface area contributed by atoms with Crippen LogP contribution in [0.4, 0.5) is 18.9 Å². The number of nitrogens with one attached hydrogen (secondary N) is 1. The molecule has 2 aromatic heterocycles. The van der Waals surface area contributed by atoms with E-state index in [0.29, 0.717) is 16.9 Å². The second-order valence-corrected chi connectivity index (χ2v) is 8.09. The molecule has 4 rings (SSSR count). The summed E-state index contributed by atoms with van der Waals surface area (Å²) in [6, 6.07) is 16.4. The molecule has 176 valence electrons. The van der Waals surface area contributed by atoms with Gasteiger partial charge in [0.15, 0.2) is 0 Å². The smallest absolute Gasteiger partial charge is 0.290 e. The highest BCUT2D eigenvalue weighted by atomic mass is 31.0. The van der Waals surface area contributed by atoms with Crippen LogP contribution in [-0.4, -0.2) is 26.6 Å². The lowest BCUT2D eigenvalue weighted by atomic mass is 10.1. The van der Waals surface area contributed by atoms with Crippen LogP contribution < -0.4 is 10.9 Å². The number of halogens is 3. The molecule has 0 aliphatic rings. The molecule has 0 radical (unpaired) electrons. The number of para-hydroxylation sites is 1. The highest BCUT2D eigenvalue weighted by Crippen LogP contribution is 2.41. The topological polar surface area (TPSA) is 83.7 Å². The van der Waals surface area contributed by atoms with Gasteiger partial charge in [-0.2, -0.15) is 8.78 Å². The molecule has 0 saturated carbocycles. The van der Waals surface area contributed by atoms with E-state index in [1.54, 1.807) is 55.5 Å². The van der Waals surface area contributed by atoms with E-state index in [2.05, 4.69) is 10.3 Å². The summed E-state index contributed by atoms with van der Waals surface area (Å²) in [5.74, 6) is -0.815. The lowest BCUT2D eigenvalue weighted by Gasteiger charge is -2.27. The fraction of sp³-hybridized carbons (Fsp3) is 0.125. The van der Waals surface area contributed by atoms with E-state index in [9.17, 15) is 18.0 Å². The predicted molar refractivity (Wildman–Crippen MR) is 128 cm³/mol. The molecule has 2 aromatic carbocycles. The van der Waals surface area contributed by atoms with Crippen LogP contribution in [-0.2, 0) is 4.79 Å². The molecule has 6 nitrogen and oxygen atoms in total. The Kier molecular flexibility index (Phi) is 7.68. The maximum Gasteiger partial charge on any atom is 0.290 e. The van der Waals surface area contributed by atoms with Gasteiger partial charge in [-0.1, -0.05) is 57.8 Å². The van der Waals surface area contributed by atoms with Crippen molar-refractivity contribution >= 4 is 27.0 Å². The maximum absolute atomic E-state index is 14.7. The quantitative estimate of drug-likeness (QED) is 0.301. The average Bonchev–Trinajstić information content (AvgIpc) is 2.79. The minimum Gasteiger partial charge on any atom is -0.483 e. The van der Waals surface area contributed by atoms with Gasteiger partial charge in [0.1, 0.15) is 17.5 Å². The van der Waals surface area contributed by atoms with E-state index in [0.717, 1.165) is 22.2 Å². The largest absolute Gasteiger partial charge is 0.483 e. The molecule has 0 aliphatic carbocycles. The number of anilines is 1. The molecule has 34 heavy (non-hydrogen) atoms. The number of aryl methyl sites for hydroxylation is 1. The van der Waals surface area contributed by atoms with Gasteiger partial charge in [0, 0.05) is 29.1 Å². The number of rotatable bonds is 5. The molecule has 4 aromatic rings. The highest BCUT2D eigenvalue weighted by Gasteiger charge is 2.38. The van der Waals surface area contributed by atoms with Crippen LogP contribution in [0.1, 0.15) is 17.2 Å². The van der Waals surface area contributed by atoms with E-state index in [-0.39, 0.29) is 17.7 Å². The van der Waals surface area contributed by atoms with E-state index < -0.39 is 23.1 Å². The van der Waals surface area contributed by atoms with Crippen molar-refractivity contribution in [2.75, 3.05) is 5.32 Å². The second kappa shape index (κ2) is 10.5. The van der Waals surface area contributed by atoms with Crippen LogP contribution in [0.3, 0.4) is 0 Å². The summed E-state index contributed by atoms with van der Waals surface area (Å²) < 4.78 is 44.8. The van der Waals surface area contributed by atoms with Crippen molar-refractivity contribution < 1.29 is 23.1 Å². The number of carbonyl (C=O) groups is 1. The molecule has 0 fully saturated rings. The van der Waals surface area contributed by atoms with Crippen molar-refractivity contribution in [3.8, 4) is 11.3 Å². The number of nitrogens with zero attached hydrogens (tertiary/aromatic N) is 2. The van der Waals surface area contributed by atoms with Gasteiger partial charge in [-0.3, -0.25) is 14.0 Å². The second-order valence-electron chi connectivity index (χ2n) is 7.33. The Morgan fingerprint density at radius 2 is 1.74 bits per heavy atom. The molecule has 10 heteroatoms. The fourth-order valence-electron chi connectivity index (χ4n) is 3.43. The summed E-state index contributed by atoms with van der Waals surface area (Å²) in [6.07, 6.45) is 0.953. The first-order valence-corrected chi connectivity index (χ1v) is 10.6. The number of hydrogen-bond donors (Lipinski definition) is 2. The van der Waals surface area contributed by atoms with Crippen molar-refractivity contribution in [2.24, 2.45) is 0 Å². The Morgan fingerprint density at radius 1 is 1.12 bits per heavy atom. The molecule has 2 unspecified atom stereocenters. The highest BCUT2D eigenvalue weighted by molar-refractivity contribution is 7.18. The first kappa shape index (κ1) is 24.9. The fourth-order valence-corrected chi connectivity index (χ4v) is 3.70. The number of aromatic nitrogens is 2. The van der Waals surface area contributed by atoms with E-state index in [1.165, 1.54) is 15.3 Å². The third kappa shape index (κ3) is 5.61. The third-order valence-electron chi connectivity index (χ3n) is 4.97. The Balaban J connectivity index is 0.00000103. The van der Waals surface area contributed by atoms with Crippen LogP contribution >= 0.6 is 9.24 Å². The normalized spacial score (nSPS) is 11.9. The molecule has 0 amide bonds. The molecule has 0 saturated heterocycles. The van der Waals surface area contributed by atoms with Gasteiger partial charge in [0.25, 0.3) is 17.7 Å². The van der Waals surface area contributed by atoms with Crippen LogP contribution in [0.2, 0.25) is 0 Å². The zero-order valence-corrected chi connectivity index (χ0v) is 19.1. The van der Waals surface area contributed by atoms with Gasteiger partial charge >= 0.3 is 0 Å². The minimum absolute atomic E-state index is 0.0408. The number of alkyl halides is 2. The van der Waals surface area contributed by atoms with E-state index in [1.807, 2.05) is 6.07 Å². The average molecular weight is 487 g/mol. The lowest BCUT2D eigenvalue weighted by Crippen LogP contribution is -2.29. The Hall–Kier alpha value is -3.71. The van der Waals surface area contributed by atoms with E-state index in [4.69, 9.17) is 9.90 Å². The molecular formula is C24H21F3N3O3P.